The third kappa shape index (κ3) is 6.63. The summed E-state index contributed by atoms with van der Waals surface area (Å²) in [7, 11) is 0. The molecular weight excluding hydrogens is 148 g/mol. The predicted octanol–water partition coefficient (Wildman–Crippen LogP) is -0.174. The van der Waals surface area contributed by atoms with Crippen LogP contribution >= 0.6 is 0 Å². The monoisotopic (exact) mass is 160 g/mol. The number of carbonyl (C=O) groups excluding carboxylic acids is 2. The molecule has 0 bridgehead atoms. The van der Waals surface area contributed by atoms with Crippen molar-refractivity contribution in [1.29, 1.82) is 0 Å². The standard InChI is InChI=1S/C6H12N2O3/c1-3-11-6(10)8-4-7-5(2)9/h3-4H2,1-2H3,(H,7,9)(H,8,10). The molecule has 64 valence electrons. The van der Waals surface area contributed by atoms with Crippen molar-refractivity contribution in [1.82, 2.24) is 10.6 Å². The average Bonchev–Trinajstić information content (AvgIpc) is 1.87. The Balaban J connectivity index is 3.24. The zero-order chi connectivity index (χ0) is 8.69. The van der Waals surface area contributed by atoms with Crippen LogP contribution in [0.5, 0.6) is 0 Å². The summed E-state index contributed by atoms with van der Waals surface area (Å²) in [5.41, 5.74) is 0. The third-order valence-electron chi connectivity index (χ3n) is 0.845. The van der Waals surface area contributed by atoms with E-state index in [2.05, 4.69) is 15.4 Å². The van der Waals surface area contributed by atoms with E-state index in [9.17, 15) is 9.59 Å². The Morgan fingerprint density at radius 2 is 2.00 bits per heavy atom. The molecule has 11 heavy (non-hydrogen) atoms. The van der Waals surface area contributed by atoms with Gasteiger partial charge < -0.3 is 15.4 Å². The van der Waals surface area contributed by atoms with E-state index in [4.69, 9.17) is 0 Å². The largest absolute Gasteiger partial charge is 0.450 e. The number of ether oxygens (including phenoxy) is 1. The highest BCUT2D eigenvalue weighted by molar-refractivity contribution is 5.73. The molecular formula is C6H12N2O3. The molecule has 0 saturated heterocycles. The smallest absolute Gasteiger partial charge is 0.408 e. The maximum atomic E-state index is 10.5. The predicted molar refractivity (Wildman–Crippen MR) is 38.8 cm³/mol. The van der Waals surface area contributed by atoms with E-state index in [1.54, 1.807) is 6.92 Å². The van der Waals surface area contributed by atoms with E-state index < -0.39 is 6.09 Å². The fourth-order valence-corrected chi connectivity index (χ4v) is 0.423. The highest BCUT2D eigenvalue weighted by Gasteiger charge is 1.97. The minimum absolute atomic E-state index is 0.105. The summed E-state index contributed by atoms with van der Waals surface area (Å²) in [6.45, 7) is 3.50. The van der Waals surface area contributed by atoms with Crippen LogP contribution < -0.4 is 10.6 Å². The van der Waals surface area contributed by atoms with Crippen LogP contribution in [0.4, 0.5) is 4.79 Å². The highest BCUT2D eigenvalue weighted by atomic mass is 16.5. The zero-order valence-corrected chi connectivity index (χ0v) is 6.64. The highest BCUT2D eigenvalue weighted by Crippen LogP contribution is 1.73. The summed E-state index contributed by atoms with van der Waals surface area (Å²) in [5, 5.41) is 4.71. The van der Waals surface area contributed by atoms with E-state index in [1.165, 1.54) is 6.92 Å². The van der Waals surface area contributed by atoms with Gasteiger partial charge in [-0.3, -0.25) is 4.79 Å². The fourth-order valence-electron chi connectivity index (χ4n) is 0.423. The van der Waals surface area contributed by atoms with Crippen molar-refractivity contribution < 1.29 is 14.3 Å². The molecule has 5 heteroatoms. The topological polar surface area (TPSA) is 67.4 Å². The van der Waals surface area contributed by atoms with Gasteiger partial charge in [-0.05, 0) is 6.92 Å². The van der Waals surface area contributed by atoms with Crippen LogP contribution in [0.1, 0.15) is 13.8 Å². The molecule has 0 fully saturated rings. The molecule has 5 nitrogen and oxygen atoms in total. The van der Waals surface area contributed by atoms with Gasteiger partial charge in [-0.15, -0.1) is 0 Å². The maximum absolute atomic E-state index is 10.5. The first-order valence-electron chi connectivity index (χ1n) is 3.32. The average molecular weight is 160 g/mol. The number of rotatable bonds is 3. The van der Waals surface area contributed by atoms with Gasteiger partial charge in [0.2, 0.25) is 5.91 Å². The lowest BCUT2D eigenvalue weighted by molar-refractivity contribution is -0.119. The van der Waals surface area contributed by atoms with Gasteiger partial charge in [-0.2, -0.15) is 0 Å². The van der Waals surface area contributed by atoms with Crippen LogP contribution in [-0.4, -0.2) is 25.3 Å². The Labute approximate surface area is 65.1 Å². The van der Waals surface area contributed by atoms with E-state index in [0.717, 1.165) is 0 Å². The van der Waals surface area contributed by atoms with Crippen molar-refractivity contribution in [3.05, 3.63) is 0 Å². The summed E-state index contributed by atoms with van der Waals surface area (Å²) < 4.78 is 4.52. The number of hydrogen-bond donors (Lipinski definition) is 2. The van der Waals surface area contributed by atoms with Gasteiger partial charge in [0.1, 0.15) is 0 Å². The molecule has 0 aromatic carbocycles. The Hall–Kier alpha value is -1.26. The molecule has 0 aromatic heterocycles. The van der Waals surface area contributed by atoms with E-state index in [1.807, 2.05) is 0 Å². The number of hydrogen-bond acceptors (Lipinski definition) is 3. The second-order valence-corrected chi connectivity index (χ2v) is 1.81. The third-order valence-corrected chi connectivity index (χ3v) is 0.845. The van der Waals surface area contributed by atoms with Crippen LogP contribution in [0.3, 0.4) is 0 Å². The quantitative estimate of drug-likeness (QED) is 0.563. The molecule has 0 aliphatic heterocycles. The van der Waals surface area contributed by atoms with Crippen LogP contribution in [0.15, 0.2) is 0 Å². The maximum Gasteiger partial charge on any atom is 0.408 e. The fraction of sp³-hybridized carbons (Fsp3) is 0.667. The van der Waals surface area contributed by atoms with Crippen molar-refractivity contribution >= 4 is 12.0 Å². The molecule has 0 spiro atoms. The van der Waals surface area contributed by atoms with E-state index in [0.29, 0.717) is 6.61 Å². The summed E-state index contributed by atoms with van der Waals surface area (Å²) in [4.78, 5) is 20.8. The Bertz CT molecular complexity index is 147. The Morgan fingerprint density at radius 1 is 1.36 bits per heavy atom. The van der Waals surface area contributed by atoms with E-state index in [-0.39, 0.29) is 12.6 Å². The van der Waals surface area contributed by atoms with Crippen molar-refractivity contribution in [3.8, 4) is 0 Å². The minimum atomic E-state index is -0.527. The Morgan fingerprint density at radius 3 is 2.45 bits per heavy atom. The lowest BCUT2D eigenvalue weighted by Crippen LogP contribution is -2.36. The molecule has 0 unspecified atom stereocenters. The Kier molecular flexibility index (Phi) is 4.89. The van der Waals surface area contributed by atoms with Crippen molar-refractivity contribution in [2.45, 2.75) is 13.8 Å². The first kappa shape index (κ1) is 9.74. The van der Waals surface area contributed by atoms with Crippen LogP contribution in [0, 0.1) is 0 Å². The van der Waals surface area contributed by atoms with Crippen LogP contribution in [-0.2, 0) is 9.53 Å². The molecule has 0 heterocycles. The lowest BCUT2D eigenvalue weighted by Gasteiger charge is -2.04. The zero-order valence-electron chi connectivity index (χ0n) is 6.64. The van der Waals surface area contributed by atoms with Gasteiger partial charge in [0.25, 0.3) is 0 Å². The molecule has 2 amide bonds. The molecule has 0 aliphatic rings. The first-order chi connectivity index (χ1) is 5.16. The summed E-state index contributed by atoms with van der Waals surface area (Å²) >= 11 is 0. The molecule has 0 aromatic rings. The normalized spacial score (nSPS) is 8.55. The second kappa shape index (κ2) is 5.52. The molecule has 2 N–H and O–H groups in total. The molecule has 0 radical (unpaired) electrons. The van der Waals surface area contributed by atoms with Gasteiger partial charge in [0.05, 0.1) is 13.3 Å². The summed E-state index contributed by atoms with van der Waals surface area (Å²) in [5.74, 6) is -0.193. The minimum Gasteiger partial charge on any atom is -0.450 e. The molecule has 0 atom stereocenters. The molecule has 0 saturated carbocycles. The van der Waals surface area contributed by atoms with Crippen molar-refractivity contribution in [3.63, 3.8) is 0 Å². The molecule has 0 rings (SSSR count). The summed E-state index contributed by atoms with van der Waals surface area (Å²) in [6, 6.07) is 0. The lowest BCUT2D eigenvalue weighted by atomic mass is 10.7. The number of alkyl carbamates (subject to hydrolysis) is 1. The van der Waals surface area contributed by atoms with Gasteiger partial charge in [-0.1, -0.05) is 0 Å². The number of amides is 2. The number of nitrogens with one attached hydrogen (secondary N) is 2. The van der Waals surface area contributed by atoms with Gasteiger partial charge >= 0.3 is 6.09 Å². The SMILES string of the molecule is CCOC(=O)NCNC(C)=O. The van der Waals surface area contributed by atoms with Crippen LogP contribution in [0.25, 0.3) is 0 Å². The van der Waals surface area contributed by atoms with Crippen LogP contribution in [0.2, 0.25) is 0 Å². The molecule has 0 aliphatic carbocycles. The van der Waals surface area contributed by atoms with Crippen molar-refractivity contribution in [2.24, 2.45) is 0 Å². The summed E-state index contributed by atoms with van der Waals surface area (Å²) in [6.07, 6.45) is -0.527. The van der Waals surface area contributed by atoms with Gasteiger partial charge in [0.15, 0.2) is 0 Å². The van der Waals surface area contributed by atoms with Gasteiger partial charge in [0, 0.05) is 6.92 Å². The second-order valence-electron chi connectivity index (χ2n) is 1.81. The number of carbonyl (C=O) groups is 2. The van der Waals surface area contributed by atoms with Gasteiger partial charge in [-0.25, -0.2) is 4.79 Å². The first-order valence-corrected chi connectivity index (χ1v) is 3.32. The van der Waals surface area contributed by atoms with E-state index >= 15 is 0 Å². The van der Waals surface area contributed by atoms with Crippen molar-refractivity contribution in [2.75, 3.05) is 13.3 Å².